The third-order valence-corrected chi connectivity index (χ3v) is 4.45. The Hall–Kier alpha value is -2.32. The molecule has 122 valence electrons. The minimum atomic E-state index is -0.258. The highest BCUT2D eigenvalue weighted by Crippen LogP contribution is 2.38. The van der Waals surface area contributed by atoms with E-state index in [2.05, 4.69) is 68.4 Å². The van der Waals surface area contributed by atoms with Gasteiger partial charge in [0, 0.05) is 10.8 Å². The van der Waals surface area contributed by atoms with Crippen molar-refractivity contribution in [2.75, 3.05) is 6.61 Å². The van der Waals surface area contributed by atoms with Gasteiger partial charge in [0.05, 0.1) is 6.61 Å². The first-order valence-corrected chi connectivity index (χ1v) is 8.58. The molecule has 0 aliphatic heterocycles. The van der Waals surface area contributed by atoms with Crippen LogP contribution in [-0.2, 0) is 4.74 Å². The molecule has 0 fully saturated rings. The Morgan fingerprint density at radius 2 is 1.38 bits per heavy atom. The SMILES string of the molecule is CC(C)COC(C)Oc1ccc2ccc3cccc4ccc1c2c34. The molecular formula is C22H22O2. The van der Waals surface area contributed by atoms with E-state index in [-0.39, 0.29) is 6.29 Å². The third kappa shape index (κ3) is 2.57. The Bertz CT molecular complexity index is 971. The Labute approximate surface area is 142 Å². The molecule has 2 heteroatoms. The molecule has 0 amide bonds. The van der Waals surface area contributed by atoms with Gasteiger partial charge >= 0.3 is 0 Å². The van der Waals surface area contributed by atoms with Crippen LogP contribution in [0.5, 0.6) is 5.75 Å². The monoisotopic (exact) mass is 318 g/mol. The maximum Gasteiger partial charge on any atom is 0.197 e. The zero-order valence-electron chi connectivity index (χ0n) is 14.4. The predicted molar refractivity (Wildman–Crippen MR) is 101 cm³/mol. The van der Waals surface area contributed by atoms with E-state index < -0.39 is 0 Å². The summed E-state index contributed by atoms with van der Waals surface area (Å²) in [6.45, 7) is 6.94. The Balaban J connectivity index is 1.82. The molecule has 0 N–H and O–H groups in total. The molecule has 24 heavy (non-hydrogen) atoms. The largest absolute Gasteiger partial charge is 0.465 e. The summed E-state index contributed by atoms with van der Waals surface area (Å²) in [5.41, 5.74) is 0. The highest BCUT2D eigenvalue weighted by molar-refractivity contribution is 6.24. The van der Waals surface area contributed by atoms with Crippen molar-refractivity contribution in [3.8, 4) is 5.75 Å². The lowest BCUT2D eigenvalue weighted by Gasteiger charge is -2.19. The number of benzene rings is 4. The van der Waals surface area contributed by atoms with Crippen molar-refractivity contribution in [3.63, 3.8) is 0 Å². The molecule has 0 heterocycles. The summed E-state index contributed by atoms with van der Waals surface area (Å²) < 4.78 is 11.9. The maximum atomic E-state index is 6.10. The second-order valence-corrected chi connectivity index (χ2v) is 6.83. The smallest absolute Gasteiger partial charge is 0.197 e. The van der Waals surface area contributed by atoms with E-state index in [0.717, 1.165) is 11.1 Å². The molecule has 1 atom stereocenters. The van der Waals surface area contributed by atoms with Gasteiger partial charge in [0.25, 0.3) is 0 Å². The van der Waals surface area contributed by atoms with Gasteiger partial charge < -0.3 is 9.47 Å². The van der Waals surface area contributed by atoms with Crippen LogP contribution in [0, 0.1) is 5.92 Å². The zero-order valence-corrected chi connectivity index (χ0v) is 14.4. The van der Waals surface area contributed by atoms with Crippen LogP contribution < -0.4 is 4.74 Å². The second kappa shape index (κ2) is 5.95. The second-order valence-electron chi connectivity index (χ2n) is 6.83. The summed E-state index contributed by atoms with van der Waals surface area (Å²) in [5.74, 6) is 1.38. The fourth-order valence-corrected chi connectivity index (χ4v) is 3.35. The first kappa shape index (κ1) is 15.2. The Kier molecular flexibility index (Phi) is 3.78. The van der Waals surface area contributed by atoms with Crippen LogP contribution in [0.3, 0.4) is 0 Å². The molecular weight excluding hydrogens is 296 g/mol. The summed E-state index contributed by atoms with van der Waals surface area (Å²) in [6.07, 6.45) is -0.258. The van der Waals surface area contributed by atoms with Crippen molar-refractivity contribution >= 4 is 32.3 Å². The van der Waals surface area contributed by atoms with E-state index in [1.807, 2.05) is 6.92 Å². The van der Waals surface area contributed by atoms with Gasteiger partial charge in [-0.25, -0.2) is 0 Å². The van der Waals surface area contributed by atoms with Crippen molar-refractivity contribution in [2.24, 2.45) is 5.92 Å². The molecule has 0 bridgehead atoms. The maximum absolute atomic E-state index is 6.10. The highest BCUT2D eigenvalue weighted by atomic mass is 16.7. The summed E-state index contributed by atoms with van der Waals surface area (Å²) in [7, 11) is 0. The average Bonchev–Trinajstić information content (AvgIpc) is 2.59. The van der Waals surface area contributed by atoms with E-state index in [1.165, 1.54) is 26.9 Å². The van der Waals surface area contributed by atoms with Crippen LogP contribution in [0.2, 0.25) is 0 Å². The molecule has 0 spiro atoms. The summed E-state index contributed by atoms with van der Waals surface area (Å²) in [6, 6.07) is 19.4. The lowest BCUT2D eigenvalue weighted by molar-refractivity contribution is -0.0748. The lowest BCUT2D eigenvalue weighted by atomic mass is 9.94. The molecule has 4 rings (SSSR count). The van der Waals surface area contributed by atoms with Crippen LogP contribution in [0.4, 0.5) is 0 Å². The Morgan fingerprint density at radius 1 is 0.750 bits per heavy atom. The molecule has 0 radical (unpaired) electrons. The normalized spacial score (nSPS) is 13.3. The van der Waals surface area contributed by atoms with E-state index in [0.29, 0.717) is 12.5 Å². The summed E-state index contributed by atoms with van der Waals surface area (Å²) in [5, 5.41) is 7.53. The van der Waals surface area contributed by atoms with Crippen molar-refractivity contribution in [3.05, 3.63) is 54.6 Å². The molecule has 0 aromatic heterocycles. The molecule has 4 aromatic carbocycles. The summed E-state index contributed by atoms with van der Waals surface area (Å²) >= 11 is 0. The fourth-order valence-electron chi connectivity index (χ4n) is 3.35. The van der Waals surface area contributed by atoms with Crippen molar-refractivity contribution in [1.82, 2.24) is 0 Å². The third-order valence-electron chi connectivity index (χ3n) is 4.45. The van der Waals surface area contributed by atoms with Gasteiger partial charge in [-0.1, -0.05) is 56.3 Å². The Morgan fingerprint density at radius 3 is 2.08 bits per heavy atom. The molecule has 0 aliphatic carbocycles. The molecule has 1 unspecified atom stereocenters. The van der Waals surface area contributed by atoms with E-state index in [9.17, 15) is 0 Å². The van der Waals surface area contributed by atoms with E-state index >= 15 is 0 Å². The number of rotatable bonds is 5. The minimum Gasteiger partial charge on any atom is -0.465 e. The topological polar surface area (TPSA) is 18.5 Å². The predicted octanol–water partition coefficient (Wildman–Crippen LogP) is 5.98. The number of hydrogen-bond donors (Lipinski definition) is 0. The standard InChI is InChI=1S/C22H22O2/c1-14(2)13-23-15(3)24-20-12-10-18-8-7-16-5-4-6-17-9-11-19(20)22(18)21(16)17/h4-12,14-15H,13H2,1-3H3. The van der Waals surface area contributed by atoms with Gasteiger partial charge in [-0.05, 0) is 46.5 Å². The van der Waals surface area contributed by atoms with Gasteiger partial charge in [-0.2, -0.15) is 0 Å². The summed E-state index contributed by atoms with van der Waals surface area (Å²) in [4.78, 5) is 0. The van der Waals surface area contributed by atoms with Crippen LogP contribution in [0.25, 0.3) is 32.3 Å². The van der Waals surface area contributed by atoms with Gasteiger partial charge in [-0.15, -0.1) is 0 Å². The van der Waals surface area contributed by atoms with Gasteiger partial charge in [-0.3, -0.25) is 0 Å². The molecule has 0 saturated carbocycles. The zero-order chi connectivity index (χ0) is 16.7. The molecule has 4 aromatic rings. The quantitative estimate of drug-likeness (QED) is 0.333. The van der Waals surface area contributed by atoms with E-state index in [4.69, 9.17) is 9.47 Å². The average molecular weight is 318 g/mol. The van der Waals surface area contributed by atoms with Gasteiger partial charge in [0.15, 0.2) is 6.29 Å². The molecule has 0 aliphatic rings. The molecule has 2 nitrogen and oxygen atoms in total. The van der Waals surface area contributed by atoms with Crippen LogP contribution in [0.15, 0.2) is 54.6 Å². The number of hydrogen-bond acceptors (Lipinski definition) is 2. The first-order valence-electron chi connectivity index (χ1n) is 8.58. The van der Waals surface area contributed by atoms with Crippen molar-refractivity contribution in [1.29, 1.82) is 0 Å². The number of ether oxygens (including phenoxy) is 2. The van der Waals surface area contributed by atoms with Crippen LogP contribution in [0.1, 0.15) is 20.8 Å². The highest BCUT2D eigenvalue weighted by Gasteiger charge is 2.13. The lowest BCUT2D eigenvalue weighted by Crippen LogP contribution is -2.19. The minimum absolute atomic E-state index is 0.258. The molecule has 0 saturated heterocycles. The van der Waals surface area contributed by atoms with Crippen molar-refractivity contribution in [2.45, 2.75) is 27.1 Å². The van der Waals surface area contributed by atoms with Crippen LogP contribution >= 0.6 is 0 Å². The van der Waals surface area contributed by atoms with Gasteiger partial charge in [0.1, 0.15) is 5.75 Å². The van der Waals surface area contributed by atoms with E-state index in [1.54, 1.807) is 0 Å². The van der Waals surface area contributed by atoms with Gasteiger partial charge in [0.2, 0.25) is 0 Å². The fraction of sp³-hybridized carbons (Fsp3) is 0.273. The van der Waals surface area contributed by atoms with Crippen molar-refractivity contribution < 1.29 is 9.47 Å². The first-order chi connectivity index (χ1) is 11.6. The van der Waals surface area contributed by atoms with Crippen LogP contribution in [-0.4, -0.2) is 12.9 Å².